The Hall–Kier alpha value is -2.75. The fraction of sp³-hybridized carbons (Fsp3) is 0.190. The Labute approximate surface area is 179 Å². The number of nitrogens with zero attached hydrogens (tertiary/aromatic N) is 1. The largest absolute Gasteiger partial charge is 0.492 e. The molecule has 0 fully saturated rings. The molecule has 0 unspecified atom stereocenters. The van der Waals surface area contributed by atoms with Gasteiger partial charge in [0.2, 0.25) is 10.0 Å². The van der Waals surface area contributed by atoms with E-state index in [4.69, 9.17) is 4.74 Å². The summed E-state index contributed by atoms with van der Waals surface area (Å²) in [5.74, 6) is -0.176. The predicted octanol–water partition coefficient (Wildman–Crippen LogP) is 3.52. The maximum absolute atomic E-state index is 12.9. The van der Waals surface area contributed by atoms with Crippen molar-refractivity contribution in [1.29, 1.82) is 0 Å². The predicted molar refractivity (Wildman–Crippen MR) is 114 cm³/mol. The van der Waals surface area contributed by atoms with Gasteiger partial charge in [-0.05, 0) is 53.9 Å². The van der Waals surface area contributed by atoms with Crippen LogP contribution in [0.4, 0.5) is 4.39 Å². The Balaban J connectivity index is 1.59. The summed E-state index contributed by atoms with van der Waals surface area (Å²) in [6, 6.07) is 15.2. The average molecular weight is 449 g/mol. The van der Waals surface area contributed by atoms with Crippen molar-refractivity contribution in [3.05, 3.63) is 82.3 Å². The standard InChI is InChI=1S/C21H21FN2O4S2/c1-24(11-12-28-18-9-7-17(22)8-10-18)21(25)16-4-2-6-20(14-16)30(26,27)23-15-19-5-3-13-29-19/h2-10,13-14,23H,11-12,15H2,1H3. The first-order valence-electron chi connectivity index (χ1n) is 9.11. The Morgan fingerprint density at radius 3 is 2.60 bits per heavy atom. The molecule has 0 spiro atoms. The van der Waals surface area contributed by atoms with E-state index in [0.29, 0.717) is 5.75 Å². The quantitative estimate of drug-likeness (QED) is 0.544. The van der Waals surface area contributed by atoms with Gasteiger partial charge in [0.25, 0.3) is 5.91 Å². The molecule has 1 amide bonds. The van der Waals surface area contributed by atoms with Crippen LogP contribution >= 0.6 is 11.3 Å². The van der Waals surface area contributed by atoms with Crippen LogP contribution in [0.2, 0.25) is 0 Å². The Morgan fingerprint density at radius 2 is 1.90 bits per heavy atom. The van der Waals surface area contributed by atoms with E-state index in [2.05, 4.69) is 4.72 Å². The van der Waals surface area contributed by atoms with Gasteiger partial charge >= 0.3 is 0 Å². The lowest BCUT2D eigenvalue weighted by Gasteiger charge is -2.18. The number of rotatable bonds is 9. The number of nitrogens with one attached hydrogen (secondary N) is 1. The zero-order valence-corrected chi connectivity index (χ0v) is 17.9. The fourth-order valence-electron chi connectivity index (χ4n) is 2.61. The molecule has 3 aromatic rings. The molecule has 0 atom stereocenters. The third-order valence-electron chi connectivity index (χ3n) is 4.26. The van der Waals surface area contributed by atoms with E-state index in [1.54, 1.807) is 13.1 Å². The summed E-state index contributed by atoms with van der Waals surface area (Å²) in [7, 11) is -2.14. The second kappa shape index (κ2) is 9.84. The Morgan fingerprint density at radius 1 is 1.13 bits per heavy atom. The minimum atomic E-state index is -3.74. The van der Waals surface area contributed by atoms with Crippen LogP contribution in [0.1, 0.15) is 15.2 Å². The first-order chi connectivity index (χ1) is 14.3. The number of amides is 1. The SMILES string of the molecule is CN(CCOc1ccc(F)cc1)C(=O)c1cccc(S(=O)(=O)NCc2cccs2)c1. The van der Waals surface area contributed by atoms with Gasteiger partial charge in [0.05, 0.1) is 11.4 Å². The number of hydrogen-bond donors (Lipinski definition) is 1. The van der Waals surface area contributed by atoms with Gasteiger partial charge in [-0.15, -0.1) is 11.3 Å². The van der Waals surface area contributed by atoms with E-state index in [1.165, 1.54) is 58.7 Å². The van der Waals surface area contributed by atoms with Crippen LogP contribution in [-0.4, -0.2) is 39.4 Å². The van der Waals surface area contributed by atoms with Crippen LogP contribution in [0.15, 0.2) is 70.9 Å². The molecule has 3 rings (SSSR count). The first kappa shape index (κ1) is 21.9. The molecular weight excluding hydrogens is 427 g/mol. The maximum Gasteiger partial charge on any atom is 0.253 e. The molecule has 1 aromatic heterocycles. The highest BCUT2D eigenvalue weighted by Crippen LogP contribution is 2.15. The first-order valence-corrected chi connectivity index (χ1v) is 11.5. The Bertz CT molecular complexity index is 1080. The molecule has 0 saturated carbocycles. The average Bonchev–Trinajstić information content (AvgIpc) is 3.27. The smallest absolute Gasteiger partial charge is 0.253 e. The summed E-state index contributed by atoms with van der Waals surface area (Å²) >= 11 is 1.46. The van der Waals surface area contributed by atoms with Crippen molar-refractivity contribution in [2.75, 3.05) is 20.2 Å². The number of likely N-dealkylation sites (N-methyl/N-ethyl adjacent to an activating group) is 1. The Kier molecular flexibility index (Phi) is 7.20. The third kappa shape index (κ3) is 5.88. The summed E-state index contributed by atoms with van der Waals surface area (Å²) in [5, 5.41) is 1.87. The van der Waals surface area contributed by atoms with Crippen molar-refractivity contribution >= 4 is 27.3 Å². The van der Waals surface area contributed by atoms with Gasteiger partial charge in [-0.25, -0.2) is 17.5 Å². The van der Waals surface area contributed by atoms with Gasteiger partial charge in [-0.3, -0.25) is 4.79 Å². The van der Waals surface area contributed by atoms with Crippen molar-refractivity contribution in [2.45, 2.75) is 11.4 Å². The lowest BCUT2D eigenvalue weighted by Crippen LogP contribution is -2.31. The van der Waals surface area contributed by atoms with Crippen LogP contribution < -0.4 is 9.46 Å². The summed E-state index contributed by atoms with van der Waals surface area (Å²) in [6.07, 6.45) is 0. The zero-order valence-electron chi connectivity index (χ0n) is 16.2. The molecule has 158 valence electrons. The topological polar surface area (TPSA) is 75.7 Å². The van der Waals surface area contributed by atoms with Crippen LogP contribution in [-0.2, 0) is 16.6 Å². The molecule has 0 bridgehead atoms. The maximum atomic E-state index is 12.9. The molecule has 9 heteroatoms. The van der Waals surface area contributed by atoms with Crippen LogP contribution in [0.3, 0.4) is 0 Å². The minimum absolute atomic E-state index is 0.0286. The second-order valence-electron chi connectivity index (χ2n) is 6.46. The van der Waals surface area contributed by atoms with Crippen molar-refractivity contribution in [1.82, 2.24) is 9.62 Å². The highest BCUT2D eigenvalue weighted by atomic mass is 32.2. The summed E-state index contributed by atoms with van der Waals surface area (Å²) in [4.78, 5) is 15.0. The minimum Gasteiger partial charge on any atom is -0.492 e. The van der Waals surface area contributed by atoms with Crippen molar-refractivity contribution in [2.24, 2.45) is 0 Å². The molecule has 0 saturated heterocycles. The summed E-state index contributed by atoms with van der Waals surface area (Å²) < 4.78 is 46.0. The van der Waals surface area contributed by atoms with E-state index in [0.717, 1.165) is 4.88 Å². The molecular formula is C21H21FN2O4S2. The van der Waals surface area contributed by atoms with E-state index < -0.39 is 10.0 Å². The summed E-state index contributed by atoms with van der Waals surface area (Å²) in [6.45, 7) is 0.691. The van der Waals surface area contributed by atoms with Crippen LogP contribution in [0, 0.1) is 5.82 Å². The van der Waals surface area contributed by atoms with Gasteiger partial charge < -0.3 is 9.64 Å². The number of sulfonamides is 1. The second-order valence-corrected chi connectivity index (χ2v) is 9.26. The van der Waals surface area contributed by atoms with Crippen molar-refractivity contribution in [3.63, 3.8) is 0 Å². The molecule has 1 N–H and O–H groups in total. The van der Waals surface area contributed by atoms with Gasteiger partial charge in [0.1, 0.15) is 18.2 Å². The normalized spacial score (nSPS) is 11.3. The van der Waals surface area contributed by atoms with Gasteiger partial charge in [-0.1, -0.05) is 12.1 Å². The van der Waals surface area contributed by atoms with Crippen LogP contribution in [0.25, 0.3) is 0 Å². The van der Waals surface area contributed by atoms with Crippen LogP contribution in [0.5, 0.6) is 5.75 Å². The monoisotopic (exact) mass is 448 g/mol. The van der Waals surface area contributed by atoms with Crippen molar-refractivity contribution in [3.8, 4) is 5.75 Å². The molecule has 0 aliphatic rings. The number of hydrogen-bond acceptors (Lipinski definition) is 5. The molecule has 0 radical (unpaired) electrons. The molecule has 0 aliphatic carbocycles. The van der Waals surface area contributed by atoms with E-state index in [9.17, 15) is 17.6 Å². The summed E-state index contributed by atoms with van der Waals surface area (Å²) in [5.41, 5.74) is 0.262. The number of halogens is 1. The zero-order chi connectivity index (χ0) is 21.6. The van der Waals surface area contributed by atoms with E-state index in [1.807, 2.05) is 17.5 Å². The third-order valence-corrected chi connectivity index (χ3v) is 6.54. The molecule has 0 aliphatic heterocycles. The lowest BCUT2D eigenvalue weighted by atomic mass is 10.2. The van der Waals surface area contributed by atoms with Gasteiger partial charge in [0, 0.05) is 24.0 Å². The highest BCUT2D eigenvalue weighted by Gasteiger charge is 2.18. The number of ether oxygens (including phenoxy) is 1. The lowest BCUT2D eigenvalue weighted by molar-refractivity contribution is 0.0773. The van der Waals surface area contributed by atoms with Gasteiger partial charge in [-0.2, -0.15) is 0 Å². The molecule has 6 nitrogen and oxygen atoms in total. The van der Waals surface area contributed by atoms with E-state index in [-0.39, 0.29) is 41.9 Å². The number of carbonyl (C=O) groups excluding carboxylic acids is 1. The number of carbonyl (C=O) groups is 1. The molecule has 1 heterocycles. The molecule has 2 aromatic carbocycles. The number of benzene rings is 2. The van der Waals surface area contributed by atoms with Crippen molar-refractivity contribution < 1.29 is 22.3 Å². The van der Waals surface area contributed by atoms with E-state index >= 15 is 0 Å². The molecule has 30 heavy (non-hydrogen) atoms. The number of thiophene rings is 1. The highest BCUT2D eigenvalue weighted by molar-refractivity contribution is 7.89. The fourth-order valence-corrected chi connectivity index (χ4v) is 4.40. The van der Waals surface area contributed by atoms with Gasteiger partial charge in [0.15, 0.2) is 0 Å².